The summed E-state index contributed by atoms with van der Waals surface area (Å²) in [5.41, 5.74) is 9.01. The number of unbranched alkanes of at least 4 members (excludes halogenated alkanes) is 1. The van der Waals surface area contributed by atoms with Crippen LogP contribution in [0.15, 0.2) is 46.7 Å². The van der Waals surface area contributed by atoms with Crippen molar-refractivity contribution >= 4 is 39.3 Å². The van der Waals surface area contributed by atoms with Crippen molar-refractivity contribution in [3.8, 4) is 0 Å². The van der Waals surface area contributed by atoms with E-state index in [1.807, 2.05) is 0 Å². The second-order valence-electron chi connectivity index (χ2n) is 7.69. The average Bonchev–Trinajstić information content (AvgIpc) is 2.74. The Balaban J connectivity index is 0.00000312. The third-order valence-electron chi connectivity index (χ3n) is 6.14. The molecule has 1 nitrogen and oxygen atoms in total. The molecule has 145 valence electrons. The molecule has 0 heterocycles. The first-order valence-corrected chi connectivity index (χ1v) is 13.2. The van der Waals surface area contributed by atoms with Crippen molar-refractivity contribution in [3.63, 3.8) is 0 Å². The average molecular weight is 491 g/mol. The van der Waals surface area contributed by atoms with Gasteiger partial charge in [0.1, 0.15) is 0 Å². The van der Waals surface area contributed by atoms with Crippen LogP contribution in [-0.4, -0.2) is 8.80 Å². The fourth-order valence-corrected chi connectivity index (χ4v) is 7.49. The molecule has 0 spiro atoms. The molecule has 0 radical (unpaired) electrons. The molecule has 0 bridgehead atoms. The summed E-state index contributed by atoms with van der Waals surface area (Å²) in [6.07, 6.45) is 3.75. The van der Waals surface area contributed by atoms with Crippen LogP contribution in [0.2, 0.25) is 18.1 Å². The summed E-state index contributed by atoms with van der Waals surface area (Å²) in [4.78, 5) is 0. The summed E-state index contributed by atoms with van der Waals surface area (Å²) in [7, 11) is -0.879. The summed E-state index contributed by atoms with van der Waals surface area (Å²) in [6, 6.07) is 9.30. The SMILES string of the molecule is CCCCc1ccc([N]([Zr])C2=C(C)C(C)=C(C)C2(C)[SiH](C)C)cc1.Cl.Cl. The van der Waals surface area contributed by atoms with Crippen LogP contribution in [0, 0.1) is 0 Å². The second-order valence-corrected chi connectivity index (χ2v) is 12.2. The molecular weight excluding hydrogens is 456 g/mol. The van der Waals surface area contributed by atoms with Gasteiger partial charge in [-0.3, -0.25) is 0 Å². The summed E-state index contributed by atoms with van der Waals surface area (Å²) in [5, 5.41) is 0.276. The quantitative estimate of drug-likeness (QED) is 0.388. The van der Waals surface area contributed by atoms with Crippen molar-refractivity contribution in [2.75, 3.05) is 2.84 Å². The molecule has 1 atom stereocenters. The molecule has 1 aromatic rings. The first kappa shape index (κ1) is 26.2. The Labute approximate surface area is 190 Å². The van der Waals surface area contributed by atoms with Crippen LogP contribution in [-0.2, 0) is 31.4 Å². The number of hydrogen-bond donors (Lipinski definition) is 0. The van der Waals surface area contributed by atoms with Gasteiger partial charge >= 0.3 is 167 Å². The van der Waals surface area contributed by atoms with Gasteiger partial charge in [-0.2, -0.15) is 0 Å². The number of halogens is 2. The van der Waals surface area contributed by atoms with Gasteiger partial charge in [-0.25, -0.2) is 0 Å². The number of allylic oxidation sites excluding steroid dienone is 3. The van der Waals surface area contributed by atoms with E-state index in [9.17, 15) is 0 Å². The van der Waals surface area contributed by atoms with Gasteiger partial charge in [0.2, 0.25) is 0 Å². The van der Waals surface area contributed by atoms with E-state index in [0.29, 0.717) is 0 Å². The van der Waals surface area contributed by atoms with Crippen LogP contribution in [0.3, 0.4) is 0 Å². The predicted molar refractivity (Wildman–Crippen MR) is 120 cm³/mol. The Kier molecular flexibility index (Phi) is 10.7. The van der Waals surface area contributed by atoms with Gasteiger partial charge in [0.25, 0.3) is 0 Å². The standard InChI is InChI=1S/C21H32NSi.2ClH.Zr/c1-8-9-10-18-11-13-19(14-12-18)22-20-16(3)15(2)17(4)21(20,5)23(6)7;;;/h11-14,23H,8-10H2,1-7H3;2*1H;/q-1;;;+1. The molecule has 0 N–H and O–H groups in total. The maximum absolute atomic E-state index is 2.54. The summed E-state index contributed by atoms with van der Waals surface area (Å²) < 4.78 is 2.54. The summed E-state index contributed by atoms with van der Waals surface area (Å²) in [5.74, 6) is 0. The van der Waals surface area contributed by atoms with Crippen molar-refractivity contribution in [1.82, 2.24) is 0 Å². The van der Waals surface area contributed by atoms with Gasteiger partial charge in [0.15, 0.2) is 0 Å². The zero-order valence-corrected chi connectivity index (χ0v) is 22.5. The number of benzene rings is 1. The van der Waals surface area contributed by atoms with Gasteiger partial charge in [0.05, 0.1) is 0 Å². The molecule has 1 aliphatic rings. The fourth-order valence-electron chi connectivity index (χ4n) is 3.84. The van der Waals surface area contributed by atoms with Crippen LogP contribution in [0.25, 0.3) is 0 Å². The van der Waals surface area contributed by atoms with E-state index < -0.39 is 8.80 Å². The molecule has 0 aliphatic heterocycles. The topological polar surface area (TPSA) is 3.24 Å². The molecule has 0 amide bonds. The van der Waals surface area contributed by atoms with E-state index in [2.05, 4.69) is 74.8 Å². The van der Waals surface area contributed by atoms with Crippen LogP contribution in [0.4, 0.5) is 5.69 Å². The minimum atomic E-state index is -0.879. The minimum Gasteiger partial charge on any atom is -0.147 e. The van der Waals surface area contributed by atoms with Gasteiger partial charge in [-0.15, -0.1) is 24.8 Å². The monoisotopic (exact) mass is 488 g/mol. The Morgan fingerprint density at radius 1 is 1.00 bits per heavy atom. The molecule has 1 unspecified atom stereocenters. The first-order valence-electron chi connectivity index (χ1n) is 9.25. The Bertz CT molecular complexity index is 667. The van der Waals surface area contributed by atoms with Crippen molar-refractivity contribution < 1.29 is 25.0 Å². The van der Waals surface area contributed by atoms with E-state index in [1.54, 1.807) is 11.3 Å². The first-order chi connectivity index (χ1) is 11.2. The third-order valence-corrected chi connectivity index (χ3v) is 10.3. The largest absolute Gasteiger partial charge is 0.147 e. The third kappa shape index (κ3) is 4.77. The molecule has 0 aromatic heterocycles. The Morgan fingerprint density at radius 3 is 2.00 bits per heavy atom. The number of rotatable bonds is 6. The Morgan fingerprint density at radius 2 is 1.54 bits per heavy atom. The van der Waals surface area contributed by atoms with Gasteiger partial charge in [-0.1, -0.05) is 0 Å². The van der Waals surface area contributed by atoms with E-state index >= 15 is 0 Å². The molecule has 2 rings (SSSR count). The van der Waals surface area contributed by atoms with E-state index in [1.165, 1.54) is 66.7 Å². The molecule has 5 heteroatoms. The predicted octanol–water partition coefficient (Wildman–Crippen LogP) is 7.01. The smallest absolute Gasteiger partial charge is 0.147 e. The van der Waals surface area contributed by atoms with Crippen molar-refractivity contribution in [3.05, 3.63) is 52.2 Å². The molecule has 1 aliphatic carbocycles. The van der Waals surface area contributed by atoms with E-state index in [-0.39, 0.29) is 29.9 Å². The Hall–Kier alpha value is 0.180. The summed E-state index contributed by atoms with van der Waals surface area (Å²) in [6.45, 7) is 16.7. The zero-order chi connectivity index (χ0) is 18.1. The molecule has 0 saturated heterocycles. The van der Waals surface area contributed by atoms with Crippen LogP contribution in [0.1, 0.15) is 53.0 Å². The fraction of sp³-hybridized carbons (Fsp3) is 0.524. The second kappa shape index (κ2) is 10.6. The van der Waals surface area contributed by atoms with Crippen LogP contribution < -0.4 is 2.84 Å². The van der Waals surface area contributed by atoms with Gasteiger partial charge in [-0.05, 0) is 0 Å². The maximum Gasteiger partial charge on any atom is -0.147 e. The molecule has 0 saturated carbocycles. The van der Waals surface area contributed by atoms with Crippen molar-refractivity contribution in [1.29, 1.82) is 0 Å². The molecule has 0 fully saturated rings. The minimum absolute atomic E-state index is 0. The molecule has 26 heavy (non-hydrogen) atoms. The molecular formula is C21H34Cl2NSiZr. The van der Waals surface area contributed by atoms with Gasteiger partial charge in [0, 0.05) is 0 Å². The van der Waals surface area contributed by atoms with Crippen LogP contribution in [0.5, 0.6) is 0 Å². The molecule has 1 aromatic carbocycles. The van der Waals surface area contributed by atoms with Crippen LogP contribution >= 0.6 is 24.8 Å². The number of anilines is 1. The van der Waals surface area contributed by atoms with Gasteiger partial charge < -0.3 is 0 Å². The maximum atomic E-state index is 2.54. The summed E-state index contributed by atoms with van der Waals surface area (Å²) >= 11 is 1.46. The zero-order valence-electron chi connectivity index (χ0n) is 17.3. The van der Waals surface area contributed by atoms with Crippen molar-refractivity contribution in [2.45, 2.75) is 72.0 Å². The number of nitrogens with zero attached hydrogens (tertiary/aromatic N) is 1. The normalized spacial score (nSPS) is 19.5. The number of hydrogen-bond acceptors (Lipinski definition) is 1. The van der Waals surface area contributed by atoms with Crippen molar-refractivity contribution in [2.24, 2.45) is 0 Å². The van der Waals surface area contributed by atoms with E-state index in [4.69, 9.17) is 0 Å². The number of aryl methyl sites for hydroxylation is 1. The van der Waals surface area contributed by atoms with E-state index in [0.717, 1.165) is 0 Å².